The van der Waals surface area contributed by atoms with Crippen molar-refractivity contribution in [1.82, 2.24) is 4.57 Å². The minimum absolute atomic E-state index is 0.102. The lowest BCUT2D eigenvalue weighted by molar-refractivity contribution is -0.136. The molecular formula is C26H33NO4. The van der Waals surface area contributed by atoms with Gasteiger partial charge in [0.1, 0.15) is 11.5 Å². The van der Waals surface area contributed by atoms with Gasteiger partial charge in [-0.2, -0.15) is 0 Å². The molecule has 0 radical (unpaired) electrons. The Kier molecular flexibility index (Phi) is 7.99. The third kappa shape index (κ3) is 6.51. The average Bonchev–Trinajstić information content (AvgIpc) is 3.08. The van der Waals surface area contributed by atoms with Crippen LogP contribution in [-0.4, -0.2) is 28.4 Å². The number of hydrogen-bond acceptors (Lipinski definition) is 3. The predicted octanol–water partition coefficient (Wildman–Crippen LogP) is 5.87. The molecule has 0 unspecified atom stereocenters. The second-order valence-electron chi connectivity index (χ2n) is 8.18. The number of aliphatic carboxylic acids is 1. The first-order valence-corrected chi connectivity index (χ1v) is 11.2. The highest BCUT2D eigenvalue weighted by Crippen LogP contribution is 2.28. The van der Waals surface area contributed by atoms with Gasteiger partial charge in [-0.1, -0.05) is 25.5 Å². The molecule has 3 aromatic rings. The molecule has 3 rings (SSSR count). The molecule has 0 amide bonds. The van der Waals surface area contributed by atoms with Crippen molar-refractivity contribution in [2.45, 2.75) is 65.5 Å². The highest BCUT2D eigenvalue weighted by Gasteiger charge is 2.12. The molecule has 0 aliphatic rings. The zero-order valence-electron chi connectivity index (χ0n) is 18.8. The van der Waals surface area contributed by atoms with Gasteiger partial charge >= 0.3 is 5.97 Å². The van der Waals surface area contributed by atoms with E-state index in [9.17, 15) is 4.79 Å². The van der Waals surface area contributed by atoms with Crippen LogP contribution in [0.4, 0.5) is 0 Å². The molecule has 1 N–H and O–H groups in total. The number of aromatic nitrogens is 1. The number of carboxylic acid groups (broad SMARTS) is 1. The third-order valence-electron chi connectivity index (χ3n) is 5.25. The summed E-state index contributed by atoms with van der Waals surface area (Å²) in [4.78, 5) is 11.1. The summed E-state index contributed by atoms with van der Waals surface area (Å²) in [5.41, 5.74) is 3.39. The van der Waals surface area contributed by atoms with Crippen LogP contribution in [0.15, 0.2) is 48.7 Å². The van der Waals surface area contributed by atoms with Gasteiger partial charge in [0.05, 0.1) is 18.2 Å². The molecule has 0 aliphatic carbocycles. The summed E-state index contributed by atoms with van der Waals surface area (Å²) in [5, 5.41) is 10.2. The Morgan fingerprint density at radius 2 is 1.81 bits per heavy atom. The van der Waals surface area contributed by atoms with Crippen LogP contribution >= 0.6 is 0 Å². The molecule has 166 valence electrons. The lowest BCUT2D eigenvalue weighted by Gasteiger charge is -2.11. The summed E-state index contributed by atoms with van der Waals surface area (Å²) >= 11 is 0. The van der Waals surface area contributed by atoms with Crippen molar-refractivity contribution >= 4 is 16.9 Å². The van der Waals surface area contributed by atoms with E-state index in [0.29, 0.717) is 6.42 Å². The van der Waals surface area contributed by atoms with Crippen molar-refractivity contribution < 1.29 is 19.4 Å². The number of carbonyl (C=O) groups is 1. The monoisotopic (exact) mass is 423 g/mol. The fourth-order valence-electron chi connectivity index (χ4n) is 3.66. The van der Waals surface area contributed by atoms with E-state index in [4.69, 9.17) is 14.6 Å². The summed E-state index contributed by atoms with van der Waals surface area (Å²) in [5.74, 6) is 0.970. The fraction of sp³-hybridized carbons (Fsp3) is 0.423. The topological polar surface area (TPSA) is 60.7 Å². The Morgan fingerprint density at radius 1 is 1.06 bits per heavy atom. The SMILES string of the molecule is CCCCOc1ccc(CCn2cc(CCC(=O)O)c3ccc(OC(C)C)cc32)cc1. The van der Waals surface area contributed by atoms with Gasteiger partial charge in [-0.15, -0.1) is 0 Å². The molecule has 2 aromatic carbocycles. The maximum atomic E-state index is 11.1. The molecule has 31 heavy (non-hydrogen) atoms. The second kappa shape index (κ2) is 10.9. The molecular weight excluding hydrogens is 390 g/mol. The molecule has 0 spiro atoms. The Bertz CT molecular complexity index is 989. The molecule has 5 heteroatoms. The molecule has 1 aromatic heterocycles. The number of hydrogen-bond donors (Lipinski definition) is 1. The quantitative estimate of drug-likeness (QED) is 0.370. The number of aryl methyl sites for hydroxylation is 3. The van der Waals surface area contributed by atoms with E-state index in [1.165, 1.54) is 5.56 Å². The third-order valence-corrected chi connectivity index (χ3v) is 5.25. The Hall–Kier alpha value is -2.95. The lowest BCUT2D eigenvalue weighted by Crippen LogP contribution is -2.05. The number of carboxylic acids is 1. The molecule has 0 aliphatic heterocycles. The Labute approximate surface area is 184 Å². The van der Waals surface area contributed by atoms with E-state index in [1.807, 2.05) is 38.1 Å². The van der Waals surface area contributed by atoms with Crippen LogP contribution < -0.4 is 9.47 Å². The predicted molar refractivity (Wildman–Crippen MR) is 124 cm³/mol. The maximum absolute atomic E-state index is 11.1. The summed E-state index contributed by atoms with van der Waals surface area (Å²) < 4.78 is 13.8. The molecule has 0 saturated carbocycles. The molecule has 1 heterocycles. The first-order valence-electron chi connectivity index (χ1n) is 11.2. The Morgan fingerprint density at radius 3 is 2.48 bits per heavy atom. The number of benzene rings is 2. The van der Waals surface area contributed by atoms with E-state index >= 15 is 0 Å². The normalized spacial score (nSPS) is 11.2. The van der Waals surface area contributed by atoms with E-state index in [1.54, 1.807) is 0 Å². The van der Waals surface area contributed by atoms with Gasteiger partial charge in [0, 0.05) is 30.6 Å². The molecule has 0 fully saturated rings. The van der Waals surface area contributed by atoms with Crippen molar-refractivity contribution in [1.29, 1.82) is 0 Å². The van der Waals surface area contributed by atoms with Gasteiger partial charge in [0.2, 0.25) is 0 Å². The highest BCUT2D eigenvalue weighted by molar-refractivity contribution is 5.85. The number of nitrogens with zero attached hydrogens (tertiary/aromatic N) is 1. The van der Waals surface area contributed by atoms with Gasteiger partial charge < -0.3 is 19.1 Å². The van der Waals surface area contributed by atoms with E-state index < -0.39 is 5.97 Å². The van der Waals surface area contributed by atoms with Crippen molar-refractivity contribution in [3.63, 3.8) is 0 Å². The highest BCUT2D eigenvalue weighted by atomic mass is 16.5. The van der Waals surface area contributed by atoms with Crippen LogP contribution in [-0.2, 0) is 24.2 Å². The van der Waals surface area contributed by atoms with E-state index in [-0.39, 0.29) is 12.5 Å². The zero-order valence-corrected chi connectivity index (χ0v) is 18.8. The molecule has 0 saturated heterocycles. The number of fused-ring (bicyclic) bond motifs is 1. The fourth-order valence-corrected chi connectivity index (χ4v) is 3.66. The van der Waals surface area contributed by atoms with Crippen LogP contribution in [0.25, 0.3) is 10.9 Å². The number of ether oxygens (including phenoxy) is 2. The number of unbranched alkanes of at least 4 members (excludes halogenated alkanes) is 1. The van der Waals surface area contributed by atoms with Crippen LogP contribution in [0.1, 0.15) is 51.2 Å². The van der Waals surface area contributed by atoms with Crippen LogP contribution in [0, 0.1) is 0 Å². The minimum atomic E-state index is -0.776. The minimum Gasteiger partial charge on any atom is -0.494 e. The number of rotatable bonds is 12. The van der Waals surface area contributed by atoms with E-state index in [0.717, 1.165) is 60.4 Å². The van der Waals surface area contributed by atoms with Gasteiger partial charge in [-0.3, -0.25) is 4.79 Å². The van der Waals surface area contributed by atoms with Crippen molar-refractivity contribution in [2.75, 3.05) is 6.61 Å². The first kappa shape index (κ1) is 22.7. The van der Waals surface area contributed by atoms with Crippen LogP contribution in [0.2, 0.25) is 0 Å². The van der Waals surface area contributed by atoms with Gasteiger partial charge in [-0.05, 0) is 68.5 Å². The standard InChI is InChI=1S/C26H33NO4/c1-4-5-16-30-22-9-6-20(7-10-22)14-15-27-18-21(8-13-26(28)29)24-12-11-23(17-25(24)27)31-19(2)3/h6-7,9-12,17-19H,4-5,8,13-16H2,1-3H3,(H,28,29). The molecule has 0 bridgehead atoms. The smallest absolute Gasteiger partial charge is 0.303 e. The maximum Gasteiger partial charge on any atom is 0.303 e. The van der Waals surface area contributed by atoms with Crippen molar-refractivity contribution in [3.05, 3.63) is 59.8 Å². The average molecular weight is 424 g/mol. The largest absolute Gasteiger partial charge is 0.494 e. The lowest BCUT2D eigenvalue weighted by atomic mass is 10.1. The van der Waals surface area contributed by atoms with Crippen LogP contribution in [0.3, 0.4) is 0 Å². The summed E-state index contributed by atoms with van der Waals surface area (Å²) in [6.07, 6.45) is 5.92. The van der Waals surface area contributed by atoms with Crippen molar-refractivity contribution in [3.8, 4) is 11.5 Å². The van der Waals surface area contributed by atoms with Crippen molar-refractivity contribution in [2.24, 2.45) is 0 Å². The summed E-state index contributed by atoms with van der Waals surface area (Å²) in [7, 11) is 0. The first-order chi connectivity index (χ1) is 15.0. The molecule has 5 nitrogen and oxygen atoms in total. The van der Waals surface area contributed by atoms with Gasteiger partial charge in [0.25, 0.3) is 0 Å². The second-order valence-corrected chi connectivity index (χ2v) is 8.18. The summed E-state index contributed by atoms with van der Waals surface area (Å²) in [6, 6.07) is 14.4. The molecule has 0 atom stereocenters. The van der Waals surface area contributed by atoms with Gasteiger partial charge in [0.15, 0.2) is 0 Å². The summed E-state index contributed by atoms with van der Waals surface area (Å²) in [6.45, 7) is 7.74. The van der Waals surface area contributed by atoms with Gasteiger partial charge in [-0.25, -0.2) is 0 Å². The zero-order chi connectivity index (χ0) is 22.2. The van der Waals surface area contributed by atoms with Crippen LogP contribution in [0.5, 0.6) is 11.5 Å². The van der Waals surface area contributed by atoms with E-state index in [2.05, 4.69) is 35.9 Å². The Balaban J connectivity index is 1.76.